The topological polar surface area (TPSA) is 46.4 Å². The minimum Gasteiger partial charge on any atom is -0.318 e. The molecule has 0 aliphatic carbocycles. The van der Waals surface area contributed by atoms with Crippen molar-refractivity contribution in [1.29, 1.82) is 0 Å². The summed E-state index contributed by atoms with van der Waals surface area (Å²) in [5.74, 6) is -0.179. The molecule has 1 N–H and O–H groups in total. The fourth-order valence-corrected chi connectivity index (χ4v) is 2.51. The fourth-order valence-electron chi connectivity index (χ4n) is 2.12. The van der Waals surface area contributed by atoms with E-state index in [2.05, 4.69) is 43.2 Å². The molecule has 1 heterocycles. The third kappa shape index (κ3) is 3.17. The highest BCUT2D eigenvalue weighted by molar-refractivity contribution is 9.10. The van der Waals surface area contributed by atoms with Crippen molar-refractivity contribution in [2.24, 2.45) is 5.10 Å². The summed E-state index contributed by atoms with van der Waals surface area (Å²) in [5, 5.41) is 3.92. The number of hydrogen-bond donors (Lipinski definition) is 1. The van der Waals surface area contributed by atoms with Crippen molar-refractivity contribution in [2.75, 3.05) is 0 Å². The Bertz CT molecular complexity index is 674. The summed E-state index contributed by atoms with van der Waals surface area (Å²) in [6.07, 6.45) is 1.66. The van der Waals surface area contributed by atoms with Gasteiger partial charge in [0.05, 0.1) is 6.21 Å². The van der Waals surface area contributed by atoms with Crippen LogP contribution in [0.5, 0.6) is 0 Å². The minimum atomic E-state index is -0.179. The van der Waals surface area contributed by atoms with E-state index in [1.165, 1.54) is 6.92 Å². The number of amides is 1. The number of nitrogens with zero attached hydrogens (tertiary/aromatic N) is 2. The normalized spacial score (nSPS) is 11.0. The molecule has 0 fully saturated rings. The summed E-state index contributed by atoms with van der Waals surface area (Å²) < 4.78 is 3.19. The van der Waals surface area contributed by atoms with Gasteiger partial charge in [-0.15, -0.1) is 0 Å². The molecule has 4 nitrogen and oxygen atoms in total. The first-order valence-corrected chi connectivity index (χ1v) is 7.03. The zero-order chi connectivity index (χ0) is 14.7. The molecule has 0 saturated heterocycles. The molecule has 2 rings (SSSR count). The predicted molar refractivity (Wildman–Crippen MR) is 84.4 cm³/mol. The van der Waals surface area contributed by atoms with Gasteiger partial charge >= 0.3 is 0 Å². The largest absolute Gasteiger partial charge is 0.318 e. The molecule has 0 aliphatic rings. The molecular weight excluding hydrogens is 318 g/mol. The van der Waals surface area contributed by atoms with Gasteiger partial charge in [-0.05, 0) is 38.1 Å². The highest BCUT2D eigenvalue weighted by atomic mass is 79.9. The Balaban J connectivity index is 2.39. The number of nitrogens with one attached hydrogen (secondary N) is 1. The van der Waals surface area contributed by atoms with Crippen LogP contribution in [0.3, 0.4) is 0 Å². The van der Waals surface area contributed by atoms with Gasteiger partial charge in [0.1, 0.15) is 0 Å². The third-order valence-corrected chi connectivity index (χ3v) is 3.46. The summed E-state index contributed by atoms with van der Waals surface area (Å²) in [4.78, 5) is 10.8. The molecule has 0 spiro atoms. The molecule has 20 heavy (non-hydrogen) atoms. The number of aromatic nitrogens is 1. The second kappa shape index (κ2) is 6.05. The van der Waals surface area contributed by atoms with Gasteiger partial charge in [0, 0.05) is 34.0 Å². The second-order valence-electron chi connectivity index (χ2n) is 4.57. The number of carbonyl (C=O) groups excluding carboxylic acids is 1. The van der Waals surface area contributed by atoms with Crippen molar-refractivity contribution in [1.82, 2.24) is 9.99 Å². The molecule has 2 aromatic rings. The first-order valence-electron chi connectivity index (χ1n) is 6.23. The van der Waals surface area contributed by atoms with Crippen LogP contribution in [0.1, 0.15) is 23.9 Å². The smallest absolute Gasteiger partial charge is 0.236 e. The number of carbonyl (C=O) groups is 1. The van der Waals surface area contributed by atoms with Crippen LogP contribution < -0.4 is 5.43 Å². The van der Waals surface area contributed by atoms with Gasteiger partial charge in [0.2, 0.25) is 5.91 Å². The van der Waals surface area contributed by atoms with Crippen molar-refractivity contribution in [2.45, 2.75) is 20.8 Å². The number of halogens is 1. The lowest BCUT2D eigenvalue weighted by Crippen LogP contribution is -2.12. The molecule has 5 heteroatoms. The molecule has 0 saturated carbocycles. The van der Waals surface area contributed by atoms with Crippen molar-refractivity contribution >= 4 is 28.1 Å². The van der Waals surface area contributed by atoms with Crippen LogP contribution >= 0.6 is 15.9 Å². The summed E-state index contributed by atoms with van der Waals surface area (Å²) in [7, 11) is 0. The molecule has 1 aromatic heterocycles. The lowest BCUT2D eigenvalue weighted by molar-refractivity contribution is -0.118. The van der Waals surface area contributed by atoms with Crippen LogP contribution in [0.15, 0.2) is 39.9 Å². The molecule has 0 radical (unpaired) electrons. The average Bonchev–Trinajstić information content (AvgIpc) is 2.64. The number of hydrogen-bond acceptors (Lipinski definition) is 2. The van der Waals surface area contributed by atoms with Crippen molar-refractivity contribution in [3.05, 3.63) is 51.8 Å². The number of aryl methyl sites for hydroxylation is 1. The summed E-state index contributed by atoms with van der Waals surface area (Å²) in [5.41, 5.74) is 6.68. The third-order valence-electron chi connectivity index (χ3n) is 2.96. The Kier molecular flexibility index (Phi) is 4.39. The molecule has 0 atom stereocenters. The van der Waals surface area contributed by atoms with E-state index in [-0.39, 0.29) is 5.91 Å². The van der Waals surface area contributed by atoms with Crippen molar-refractivity contribution in [3.63, 3.8) is 0 Å². The van der Waals surface area contributed by atoms with E-state index >= 15 is 0 Å². The van der Waals surface area contributed by atoms with E-state index in [9.17, 15) is 4.79 Å². The van der Waals surface area contributed by atoms with Crippen LogP contribution in [0.4, 0.5) is 0 Å². The Morgan fingerprint density at radius 3 is 2.75 bits per heavy atom. The van der Waals surface area contributed by atoms with E-state index in [1.54, 1.807) is 6.21 Å². The molecule has 0 aliphatic heterocycles. The first kappa shape index (κ1) is 14.5. The predicted octanol–water partition coefficient (Wildman–Crippen LogP) is 3.33. The number of benzene rings is 1. The molecule has 104 valence electrons. The molecular formula is C15H16BrN3O. The maximum absolute atomic E-state index is 10.8. The van der Waals surface area contributed by atoms with Gasteiger partial charge in [0.25, 0.3) is 0 Å². The van der Waals surface area contributed by atoms with Gasteiger partial charge in [-0.2, -0.15) is 5.10 Å². The maximum Gasteiger partial charge on any atom is 0.236 e. The van der Waals surface area contributed by atoms with Gasteiger partial charge in [0.15, 0.2) is 0 Å². The van der Waals surface area contributed by atoms with E-state index in [1.807, 2.05) is 32.0 Å². The Labute approximate surface area is 126 Å². The van der Waals surface area contributed by atoms with E-state index < -0.39 is 0 Å². The monoisotopic (exact) mass is 333 g/mol. The Morgan fingerprint density at radius 1 is 1.35 bits per heavy atom. The highest BCUT2D eigenvalue weighted by Gasteiger charge is 2.09. The zero-order valence-electron chi connectivity index (χ0n) is 11.6. The van der Waals surface area contributed by atoms with Gasteiger partial charge < -0.3 is 4.57 Å². The molecule has 0 unspecified atom stereocenters. The Hall–Kier alpha value is -1.88. The molecule has 1 amide bonds. The van der Waals surface area contributed by atoms with Gasteiger partial charge in [-0.3, -0.25) is 4.79 Å². The van der Waals surface area contributed by atoms with Crippen LogP contribution in [0.25, 0.3) is 5.69 Å². The van der Waals surface area contributed by atoms with Crippen LogP contribution in [0.2, 0.25) is 0 Å². The highest BCUT2D eigenvalue weighted by Crippen LogP contribution is 2.22. The van der Waals surface area contributed by atoms with Crippen LogP contribution in [0, 0.1) is 13.8 Å². The molecule has 1 aromatic carbocycles. The van der Waals surface area contributed by atoms with E-state index in [4.69, 9.17) is 0 Å². The Morgan fingerprint density at radius 2 is 2.10 bits per heavy atom. The summed E-state index contributed by atoms with van der Waals surface area (Å²) in [6.45, 7) is 5.51. The standard InChI is InChI=1S/C15H16BrN3O/c1-10-7-13(9-17-18-12(3)20)11(2)19(10)15-6-4-5-14(16)8-15/h4-9H,1-3H3,(H,18,20)/b17-9-. The average molecular weight is 334 g/mol. The zero-order valence-corrected chi connectivity index (χ0v) is 13.2. The molecule has 0 bridgehead atoms. The lowest BCUT2D eigenvalue weighted by Gasteiger charge is -2.09. The maximum atomic E-state index is 10.8. The van der Waals surface area contributed by atoms with Crippen molar-refractivity contribution in [3.8, 4) is 5.69 Å². The second-order valence-corrected chi connectivity index (χ2v) is 5.48. The first-order chi connectivity index (χ1) is 9.49. The summed E-state index contributed by atoms with van der Waals surface area (Å²) >= 11 is 3.49. The fraction of sp³-hybridized carbons (Fsp3) is 0.200. The van der Waals surface area contributed by atoms with Crippen LogP contribution in [-0.2, 0) is 4.79 Å². The van der Waals surface area contributed by atoms with Crippen molar-refractivity contribution < 1.29 is 4.79 Å². The van der Waals surface area contributed by atoms with Crippen LogP contribution in [-0.4, -0.2) is 16.7 Å². The lowest BCUT2D eigenvalue weighted by atomic mass is 10.2. The van der Waals surface area contributed by atoms with Gasteiger partial charge in [-0.25, -0.2) is 5.43 Å². The summed E-state index contributed by atoms with van der Waals surface area (Å²) in [6, 6.07) is 10.2. The number of rotatable bonds is 3. The van der Waals surface area contributed by atoms with Gasteiger partial charge in [-0.1, -0.05) is 22.0 Å². The SMILES string of the molecule is CC(=O)N/N=C\c1cc(C)n(-c2cccc(Br)c2)c1C. The number of hydrazone groups is 1. The minimum absolute atomic E-state index is 0.179. The quantitative estimate of drug-likeness (QED) is 0.679. The van der Waals surface area contributed by atoms with E-state index in [0.29, 0.717) is 0 Å². The van der Waals surface area contributed by atoms with E-state index in [0.717, 1.165) is 27.1 Å².